The molecule has 1 unspecified atom stereocenters. The molecule has 0 fully saturated rings. The Bertz CT molecular complexity index is 944. The lowest BCUT2D eigenvalue weighted by atomic mass is 10.0. The van der Waals surface area contributed by atoms with Crippen LogP contribution in [0.25, 0.3) is 5.69 Å². The van der Waals surface area contributed by atoms with Gasteiger partial charge in [-0.25, -0.2) is 0 Å². The molecule has 2 aromatic carbocycles. The number of aromatic nitrogens is 1. The van der Waals surface area contributed by atoms with Crippen LogP contribution in [0.15, 0.2) is 54.6 Å². The molecular weight excluding hydrogens is 344 g/mol. The van der Waals surface area contributed by atoms with E-state index in [-0.39, 0.29) is 11.8 Å². The summed E-state index contributed by atoms with van der Waals surface area (Å²) in [7, 11) is 0. The van der Waals surface area contributed by atoms with E-state index in [0.29, 0.717) is 5.02 Å². The molecule has 0 aliphatic carbocycles. The minimum absolute atomic E-state index is 0.0691. The van der Waals surface area contributed by atoms with Gasteiger partial charge in [-0.05, 0) is 63.6 Å². The quantitative estimate of drug-likeness (QED) is 0.584. The normalized spacial score (nSPS) is 12.0. The van der Waals surface area contributed by atoms with Crippen LogP contribution in [0.1, 0.15) is 34.2 Å². The van der Waals surface area contributed by atoms with Crippen molar-refractivity contribution >= 4 is 23.1 Å². The third-order valence-corrected chi connectivity index (χ3v) is 5.15. The van der Waals surface area contributed by atoms with Crippen LogP contribution in [0, 0.1) is 20.8 Å². The first kappa shape index (κ1) is 18.3. The first-order valence-electron chi connectivity index (χ1n) is 8.70. The van der Waals surface area contributed by atoms with Crippen LogP contribution in [0.3, 0.4) is 0 Å². The molecule has 1 heterocycles. The first-order chi connectivity index (χ1) is 12.4. The van der Waals surface area contributed by atoms with Gasteiger partial charge in [0.25, 0.3) is 0 Å². The van der Waals surface area contributed by atoms with E-state index >= 15 is 0 Å². The van der Waals surface area contributed by atoms with Gasteiger partial charge < -0.3 is 9.88 Å². The van der Waals surface area contributed by atoms with Gasteiger partial charge in [-0.3, -0.25) is 4.79 Å². The predicted molar refractivity (Wildman–Crippen MR) is 109 cm³/mol. The Morgan fingerprint density at radius 1 is 1.04 bits per heavy atom. The Kier molecular flexibility index (Phi) is 5.19. The van der Waals surface area contributed by atoms with Crippen molar-refractivity contribution in [2.45, 2.75) is 33.7 Å². The number of ketones is 1. The summed E-state index contributed by atoms with van der Waals surface area (Å²) in [6, 6.07) is 17.4. The number of rotatable bonds is 5. The van der Waals surface area contributed by atoms with E-state index in [1.807, 2.05) is 82.3 Å². The lowest BCUT2D eigenvalue weighted by Gasteiger charge is -2.17. The summed E-state index contributed by atoms with van der Waals surface area (Å²) in [5, 5.41) is 3.99. The maximum absolute atomic E-state index is 13.1. The van der Waals surface area contributed by atoms with Crippen LogP contribution >= 0.6 is 11.6 Å². The number of carbonyl (C=O) groups excluding carboxylic acids is 1. The van der Waals surface area contributed by atoms with Crippen LogP contribution in [-0.2, 0) is 0 Å². The molecule has 0 bridgehead atoms. The lowest BCUT2D eigenvalue weighted by molar-refractivity contribution is 0.0975. The van der Waals surface area contributed by atoms with E-state index in [1.54, 1.807) is 0 Å². The van der Waals surface area contributed by atoms with Crippen molar-refractivity contribution in [3.05, 3.63) is 82.1 Å². The molecule has 134 valence electrons. The van der Waals surface area contributed by atoms with Crippen LogP contribution in [0.4, 0.5) is 5.69 Å². The maximum Gasteiger partial charge on any atom is 0.186 e. The molecule has 0 radical (unpaired) electrons. The fourth-order valence-corrected chi connectivity index (χ4v) is 3.46. The molecule has 26 heavy (non-hydrogen) atoms. The third-order valence-electron chi connectivity index (χ3n) is 4.74. The summed E-state index contributed by atoms with van der Waals surface area (Å²) < 4.78 is 2.12. The molecule has 1 atom stereocenters. The Hall–Kier alpha value is -2.52. The fourth-order valence-electron chi connectivity index (χ4n) is 3.28. The van der Waals surface area contributed by atoms with Gasteiger partial charge in [0, 0.05) is 33.3 Å². The smallest absolute Gasteiger partial charge is 0.186 e. The van der Waals surface area contributed by atoms with Crippen molar-refractivity contribution in [3.63, 3.8) is 0 Å². The van der Waals surface area contributed by atoms with E-state index in [1.165, 1.54) is 0 Å². The zero-order chi connectivity index (χ0) is 18.8. The number of carbonyl (C=O) groups is 1. The number of nitrogens with zero attached hydrogens (tertiary/aromatic N) is 1. The second-order valence-electron chi connectivity index (χ2n) is 6.60. The molecule has 1 N–H and O–H groups in total. The summed E-state index contributed by atoms with van der Waals surface area (Å²) >= 11 is 6.18. The minimum atomic E-state index is -0.350. The van der Waals surface area contributed by atoms with Crippen LogP contribution in [-0.4, -0.2) is 16.4 Å². The van der Waals surface area contributed by atoms with Crippen LogP contribution < -0.4 is 5.32 Å². The number of benzene rings is 2. The van der Waals surface area contributed by atoms with Crippen molar-refractivity contribution in [2.75, 3.05) is 5.32 Å². The predicted octanol–water partition coefficient (Wildman–Crippen LogP) is 5.74. The molecule has 0 aliphatic rings. The molecule has 0 saturated heterocycles. The topological polar surface area (TPSA) is 34.0 Å². The van der Waals surface area contributed by atoms with Gasteiger partial charge in [0.1, 0.15) is 0 Å². The zero-order valence-electron chi connectivity index (χ0n) is 15.5. The average Bonchev–Trinajstić information content (AvgIpc) is 2.93. The van der Waals surface area contributed by atoms with Gasteiger partial charge in [-0.2, -0.15) is 0 Å². The van der Waals surface area contributed by atoms with Gasteiger partial charge in [0.05, 0.1) is 6.04 Å². The monoisotopic (exact) mass is 366 g/mol. The minimum Gasteiger partial charge on any atom is -0.375 e. The standard InChI is InChI=1S/C22H23ClN2O/c1-14-13-19(17(4)25(14)18-9-6-5-7-10-18)22(26)16(3)24-21-12-8-11-20(23)15(21)2/h5-13,16,24H,1-4H3. The molecule has 4 heteroatoms. The Labute approximate surface area is 159 Å². The molecule has 3 rings (SSSR count). The highest BCUT2D eigenvalue weighted by Gasteiger charge is 2.22. The van der Waals surface area contributed by atoms with Crippen LogP contribution in [0.5, 0.6) is 0 Å². The highest BCUT2D eigenvalue weighted by Crippen LogP contribution is 2.26. The number of hydrogen-bond donors (Lipinski definition) is 1. The third kappa shape index (κ3) is 3.40. The van der Waals surface area contributed by atoms with Crippen LogP contribution in [0.2, 0.25) is 5.02 Å². The molecule has 0 saturated carbocycles. The SMILES string of the molecule is Cc1c(Cl)cccc1NC(C)C(=O)c1cc(C)n(-c2ccccc2)c1C. The van der Waals surface area contributed by atoms with Crippen molar-refractivity contribution in [1.82, 2.24) is 4.57 Å². The van der Waals surface area contributed by atoms with E-state index in [2.05, 4.69) is 9.88 Å². The molecule has 1 aromatic heterocycles. The second kappa shape index (κ2) is 7.38. The van der Waals surface area contributed by atoms with Crippen molar-refractivity contribution < 1.29 is 4.79 Å². The summed E-state index contributed by atoms with van der Waals surface area (Å²) in [5.74, 6) is 0.0691. The largest absolute Gasteiger partial charge is 0.375 e. The first-order valence-corrected chi connectivity index (χ1v) is 9.08. The van der Waals surface area contributed by atoms with Gasteiger partial charge in [0.2, 0.25) is 0 Å². The zero-order valence-corrected chi connectivity index (χ0v) is 16.3. The van der Waals surface area contributed by atoms with E-state index in [9.17, 15) is 4.79 Å². The highest BCUT2D eigenvalue weighted by molar-refractivity contribution is 6.31. The fraction of sp³-hybridized carbons (Fsp3) is 0.227. The molecular formula is C22H23ClN2O. The summed E-state index contributed by atoms with van der Waals surface area (Å²) in [6.45, 7) is 7.85. The number of para-hydroxylation sites is 1. The van der Waals surface area contributed by atoms with Crippen molar-refractivity contribution in [3.8, 4) is 5.69 Å². The number of anilines is 1. The lowest BCUT2D eigenvalue weighted by Crippen LogP contribution is -2.27. The second-order valence-corrected chi connectivity index (χ2v) is 7.01. The van der Waals surface area contributed by atoms with Gasteiger partial charge >= 0.3 is 0 Å². The van der Waals surface area contributed by atoms with E-state index < -0.39 is 0 Å². The number of halogens is 1. The van der Waals surface area contributed by atoms with Gasteiger partial charge in [-0.1, -0.05) is 35.9 Å². The molecule has 3 nitrogen and oxygen atoms in total. The molecule has 0 amide bonds. The van der Waals surface area contributed by atoms with Crippen molar-refractivity contribution in [1.29, 1.82) is 0 Å². The Balaban J connectivity index is 1.89. The number of aryl methyl sites for hydroxylation is 1. The number of nitrogens with one attached hydrogen (secondary N) is 1. The number of Topliss-reactive ketones (excluding diaryl/α,β-unsaturated/α-hetero) is 1. The average molecular weight is 367 g/mol. The van der Waals surface area contributed by atoms with E-state index in [0.717, 1.165) is 33.9 Å². The van der Waals surface area contributed by atoms with E-state index in [4.69, 9.17) is 11.6 Å². The summed E-state index contributed by atoms with van der Waals surface area (Å²) in [6.07, 6.45) is 0. The molecule has 0 aliphatic heterocycles. The number of hydrogen-bond acceptors (Lipinski definition) is 2. The Morgan fingerprint density at radius 2 is 1.73 bits per heavy atom. The highest BCUT2D eigenvalue weighted by atomic mass is 35.5. The van der Waals surface area contributed by atoms with Gasteiger partial charge in [-0.15, -0.1) is 0 Å². The maximum atomic E-state index is 13.1. The Morgan fingerprint density at radius 3 is 2.42 bits per heavy atom. The summed E-state index contributed by atoms with van der Waals surface area (Å²) in [5.41, 5.74) is 5.64. The summed E-state index contributed by atoms with van der Waals surface area (Å²) in [4.78, 5) is 13.1. The molecule has 0 spiro atoms. The van der Waals surface area contributed by atoms with Crippen molar-refractivity contribution in [2.24, 2.45) is 0 Å². The molecule has 3 aromatic rings. The van der Waals surface area contributed by atoms with Gasteiger partial charge in [0.15, 0.2) is 5.78 Å².